The lowest BCUT2D eigenvalue weighted by atomic mass is 10.1. The van der Waals surface area contributed by atoms with Gasteiger partial charge in [-0.1, -0.05) is 24.3 Å². The Balaban J connectivity index is 1.78. The molecule has 0 unspecified atom stereocenters. The summed E-state index contributed by atoms with van der Waals surface area (Å²) in [7, 11) is 3.88. The minimum atomic E-state index is -0.505. The normalized spacial score (nSPS) is 15.5. The quantitative estimate of drug-likeness (QED) is 0.442. The number of non-ortho nitro benzene ring substituents is 1. The van der Waals surface area contributed by atoms with Crippen LogP contribution < -0.4 is 4.90 Å². The zero-order valence-electron chi connectivity index (χ0n) is 14.8. The van der Waals surface area contributed by atoms with Gasteiger partial charge in [-0.25, -0.2) is 0 Å². The van der Waals surface area contributed by atoms with Gasteiger partial charge in [0, 0.05) is 31.9 Å². The molecule has 2 aromatic rings. The average molecular weight is 383 g/mol. The van der Waals surface area contributed by atoms with Crippen molar-refractivity contribution in [3.8, 4) is 0 Å². The molecule has 1 saturated heterocycles. The summed E-state index contributed by atoms with van der Waals surface area (Å²) >= 11 is 0.871. The summed E-state index contributed by atoms with van der Waals surface area (Å²) in [6.07, 6.45) is 1.68. The zero-order chi connectivity index (χ0) is 19.6. The van der Waals surface area contributed by atoms with Crippen LogP contribution in [0.25, 0.3) is 6.08 Å². The Morgan fingerprint density at radius 3 is 2.48 bits per heavy atom. The van der Waals surface area contributed by atoms with Crippen molar-refractivity contribution in [3.05, 3.63) is 74.7 Å². The highest BCUT2D eigenvalue weighted by Gasteiger charge is 2.35. The van der Waals surface area contributed by atoms with Crippen molar-refractivity contribution in [2.24, 2.45) is 0 Å². The number of carbonyl (C=O) groups excluding carboxylic acids is 2. The number of hydrogen-bond donors (Lipinski definition) is 0. The van der Waals surface area contributed by atoms with Crippen LogP contribution in [0.4, 0.5) is 16.2 Å². The molecule has 1 fully saturated rings. The Bertz CT molecular complexity index is 938. The summed E-state index contributed by atoms with van der Waals surface area (Å²) < 4.78 is 0. The third-order valence-electron chi connectivity index (χ3n) is 4.04. The molecular weight excluding hydrogens is 366 g/mol. The van der Waals surface area contributed by atoms with E-state index in [9.17, 15) is 19.7 Å². The molecule has 2 aromatic carbocycles. The number of imide groups is 1. The number of nitro benzene ring substituents is 1. The highest BCUT2D eigenvalue weighted by molar-refractivity contribution is 8.18. The second kappa shape index (κ2) is 7.63. The second-order valence-electron chi connectivity index (χ2n) is 6.18. The van der Waals surface area contributed by atoms with Crippen LogP contribution in [0.15, 0.2) is 53.4 Å². The molecular formula is C19H17N3O4S. The number of carbonyl (C=O) groups is 2. The van der Waals surface area contributed by atoms with Gasteiger partial charge in [-0.2, -0.15) is 0 Å². The molecule has 0 N–H and O–H groups in total. The summed E-state index contributed by atoms with van der Waals surface area (Å²) in [4.78, 5) is 38.6. The molecule has 7 nitrogen and oxygen atoms in total. The molecule has 0 aromatic heterocycles. The van der Waals surface area contributed by atoms with Crippen molar-refractivity contribution in [1.82, 2.24) is 4.90 Å². The zero-order valence-corrected chi connectivity index (χ0v) is 15.6. The molecule has 0 bridgehead atoms. The Morgan fingerprint density at radius 2 is 1.85 bits per heavy atom. The number of nitrogens with zero attached hydrogens (tertiary/aromatic N) is 3. The molecule has 8 heteroatoms. The van der Waals surface area contributed by atoms with Gasteiger partial charge in [0.25, 0.3) is 16.8 Å². The summed E-state index contributed by atoms with van der Waals surface area (Å²) in [6.45, 7) is 0.00323. The third-order valence-corrected chi connectivity index (χ3v) is 4.95. The van der Waals surface area contributed by atoms with Crippen molar-refractivity contribution >= 4 is 40.4 Å². The van der Waals surface area contributed by atoms with Gasteiger partial charge in [-0.05, 0) is 41.1 Å². The van der Waals surface area contributed by atoms with Crippen molar-refractivity contribution < 1.29 is 14.5 Å². The molecule has 3 rings (SSSR count). The van der Waals surface area contributed by atoms with E-state index in [1.165, 1.54) is 18.2 Å². The maximum Gasteiger partial charge on any atom is 0.293 e. The first-order valence-corrected chi connectivity index (χ1v) is 8.93. The van der Waals surface area contributed by atoms with E-state index in [0.717, 1.165) is 27.9 Å². The lowest BCUT2D eigenvalue weighted by molar-refractivity contribution is -0.384. The summed E-state index contributed by atoms with van der Waals surface area (Å²) in [6, 6.07) is 13.5. The van der Waals surface area contributed by atoms with E-state index in [1.807, 2.05) is 43.3 Å². The molecule has 1 aliphatic heterocycles. The predicted octanol–water partition coefficient (Wildman–Crippen LogP) is 3.90. The maximum atomic E-state index is 12.6. The molecule has 0 atom stereocenters. The Kier molecular flexibility index (Phi) is 5.27. The van der Waals surface area contributed by atoms with Gasteiger partial charge in [-0.15, -0.1) is 0 Å². The maximum absolute atomic E-state index is 12.6. The molecule has 0 aliphatic carbocycles. The molecule has 1 heterocycles. The van der Waals surface area contributed by atoms with Gasteiger partial charge in [0.05, 0.1) is 16.4 Å². The number of rotatable bonds is 5. The van der Waals surface area contributed by atoms with Crippen LogP contribution in [0.1, 0.15) is 11.1 Å². The van der Waals surface area contributed by atoms with Crippen LogP contribution in [0, 0.1) is 10.1 Å². The van der Waals surface area contributed by atoms with Gasteiger partial charge >= 0.3 is 0 Å². The molecule has 0 radical (unpaired) electrons. The minimum Gasteiger partial charge on any atom is -0.378 e. The third kappa shape index (κ3) is 4.17. The van der Waals surface area contributed by atoms with Crippen LogP contribution in [-0.2, 0) is 11.3 Å². The number of amides is 2. The smallest absolute Gasteiger partial charge is 0.293 e. The van der Waals surface area contributed by atoms with Gasteiger partial charge in [-0.3, -0.25) is 24.6 Å². The van der Waals surface area contributed by atoms with Crippen molar-refractivity contribution in [2.45, 2.75) is 6.54 Å². The van der Waals surface area contributed by atoms with Crippen molar-refractivity contribution in [2.75, 3.05) is 19.0 Å². The van der Waals surface area contributed by atoms with Crippen LogP contribution in [0.5, 0.6) is 0 Å². The summed E-state index contributed by atoms with van der Waals surface area (Å²) in [5.74, 6) is -0.395. The molecule has 27 heavy (non-hydrogen) atoms. The highest BCUT2D eigenvalue weighted by Crippen LogP contribution is 2.33. The molecule has 2 amide bonds. The van der Waals surface area contributed by atoms with Crippen molar-refractivity contribution in [3.63, 3.8) is 0 Å². The van der Waals surface area contributed by atoms with E-state index in [4.69, 9.17) is 0 Å². The second-order valence-corrected chi connectivity index (χ2v) is 7.17. The number of nitro groups is 1. The van der Waals surface area contributed by atoms with E-state index in [2.05, 4.69) is 0 Å². The Labute approximate surface area is 160 Å². The molecule has 138 valence electrons. The molecule has 1 aliphatic rings. The van der Waals surface area contributed by atoms with Gasteiger partial charge < -0.3 is 4.90 Å². The van der Waals surface area contributed by atoms with Crippen molar-refractivity contribution in [1.29, 1.82) is 0 Å². The van der Waals surface area contributed by atoms with Gasteiger partial charge in [0.1, 0.15) is 0 Å². The summed E-state index contributed by atoms with van der Waals surface area (Å²) in [5.41, 5.74) is 2.31. The summed E-state index contributed by atoms with van der Waals surface area (Å²) in [5, 5.41) is 10.5. The number of thioether (sulfide) groups is 1. The highest BCUT2D eigenvalue weighted by atomic mass is 32.2. The number of hydrogen-bond acceptors (Lipinski definition) is 6. The van der Waals surface area contributed by atoms with E-state index in [0.29, 0.717) is 10.5 Å². The minimum absolute atomic E-state index is 0.00323. The average Bonchev–Trinajstić information content (AvgIpc) is 2.90. The standard InChI is InChI=1S/C19H17N3O4S/c1-20(2)15-8-6-13(7-9-15)11-17-18(23)21(19(24)27-17)12-14-4-3-5-16(10-14)22(25)26/h3-11H,12H2,1-2H3/b17-11-. The van der Waals surface area contributed by atoms with Gasteiger partial charge in [0.2, 0.25) is 0 Å². The van der Waals surface area contributed by atoms with Gasteiger partial charge in [0.15, 0.2) is 0 Å². The van der Waals surface area contributed by atoms with E-state index in [1.54, 1.807) is 12.1 Å². The topological polar surface area (TPSA) is 83.8 Å². The number of benzene rings is 2. The molecule has 0 spiro atoms. The fourth-order valence-corrected chi connectivity index (χ4v) is 3.45. The lowest BCUT2D eigenvalue weighted by Gasteiger charge is -2.12. The van der Waals surface area contributed by atoms with E-state index < -0.39 is 10.8 Å². The van der Waals surface area contributed by atoms with Crippen LogP contribution >= 0.6 is 11.8 Å². The first-order chi connectivity index (χ1) is 12.8. The molecule has 0 saturated carbocycles. The van der Waals surface area contributed by atoms with Crippen LogP contribution in [-0.4, -0.2) is 35.1 Å². The first-order valence-electron chi connectivity index (χ1n) is 8.11. The predicted molar refractivity (Wildman–Crippen MR) is 105 cm³/mol. The van der Waals surface area contributed by atoms with Crippen LogP contribution in [0.2, 0.25) is 0 Å². The van der Waals surface area contributed by atoms with E-state index in [-0.39, 0.29) is 17.5 Å². The van der Waals surface area contributed by atoms with Crippen LogP contribution in [0.3, 0.4) is 0 Å². The SMILES string of the molecule is CN(C)c1ccc(/C=C2\SC(=O)N(Cc3cccc([N+](=O)[O-])c3)C2=O)cc1. The first kappa shape index (κ1) is 18.7. The van der Waals surface area contributed by atoms with E-state index >= 15 is 0 Å². The monoisotopic (exact) mass is 383 g/mol. The Morgan fingerprint density at radius 1 is 1.15 bits per heavy atom. The largest absolute Gasteiger partial charge is 0.378 e. The fourth-order valence-electron chi connectivity index (χ4n) is 2.61. The Hall–Kier alpha value is -3.13. The lowest BCUT2D eigenvalue weighted by Crippen LogP contribution is -2.27. The number of anilines is 1. The fraction of sp³-hybridized carbons (Fsp3) is 0.158.